The SMILES string of the molecule is CCCOc1cccc(NC(=O)Cn2c(C)csc2=O)c1. The van der Waals surface area contributed by atoms with Gasteiger partial charge in [-0.1, -0.05) is 24.3 Å². The average Bonchev–Trinajstić information content (AvgIpc) is 2.77. The molecule has 5 nitrogen and oxygen atoms in total. The molecule has 1 heterocycles. The minimum Gasteiger partial charge on any atom is -0.494 e. The third-order valence-corrected chi connectivity index (χ3v) is 3.75. The lowest BCUT2D eigenvalue weighted by Gasteiger charge is -2.09. The number of aryl methyl sites for hydroxylation is 1. The van der Waals surface area contributed by atoms with E-state index in [9.17, 15) is 9.59 Å². The van der Waals surface area contributed by atoms with Crippen LogP contribution in [0.5, 0.6) is 5.75 Å². The van der Waals surface area contributed by atoms with Crippen molar-refractivity contribution in [1.82, 2.24) is 4.57 Å². The molecule has 0 aliphatic heterocycles. The van der Waals surface area contributed by atoms with Crippen molar-refractivity contribution in [3.8, 4) is 5.75 Å². The van der Waals surface area contributed by atoms with Gasteiger partial charge in [-0.05, 0) is 25.5 Å². The van der Waals surface area contributed by atoms with Crippen molar-refractivity contribution in [2.24, 2.45) is 0 Å². The molecule has 112 valence electrons. The van der Waals surface area contributed by atoms with Gasteiger partial charge in [0.1, 0.15) is 12.3 Å². The number of aromatic nitrogens is 1. The number of carbonyl (C=O) groups is 1. The highest BCUT2D eigenvalue weighted by molar-refractivity contribution is 7.07. The molecule has 1 amide bonds. The van der Waals surface area contributed by atoms with Crippen LogP contribution in [-0.4, -0.2) is 17.1 Å². The first-order chi connectivity index (χ1) is 10.1. The topological polar surface area (TPSA) is 60.3 Å². The quantitative estimate of drug-likeness (QED) is 0.892. The predicted octanol–water partition coefficient (Wildman–Crippen LogP) is 2.65. The largest absolute Gasteiger partial charge is 0.494 e. The number of carbonyl (C=O) groups excluding carboxylic acids is 1. The smallest absolute Gasteiger partial charge is 0.307 e. The van der Waals surface area contributed by atoms with E-state index in [1.165, 1.54) is 4.57 Å². The second-order valence-corrected chi connectivity index (χ2v) is 5.47. The summed E-state index contributed by atoms with van der Waals surface area (Å²) in [6.07, 6.45) is 0.928. The zero-order valence-corrected chi connectivity index (χ0v) is 12.9. The molecule has 0 aliphatic carbocycles. The lowest BCUT2D eigenvalue weighted by molar-refractivity contribution is -0.116. The lowest BCUT2D eigenvalue weighted by atomic mass is 10.3. The monoisotopic (exact) mass is 306 g/mol. The summed E-state index contributed by atoms with van der Waals surface area (Å²) in [5, 5.41) is 4.52. The molecule has 0 atom stereocenters. The summed E-state index contributed by atoms with van der Waals surface area (Å²) in [5.74, 6) is 0.491. The Morgan fingerprint density at radius 2 is 2.24 bits per heavy atom. The number of hydrogen-bond donors (Lipinski definition) is 1. The summed E-state index contributed by atoms with van der Waals surface area (Å²) in [6.45, 7) is 4.51. The van der Waals surface area contributed by atoms with Crippen LogP contribution in [0.2, 0.25) is 0 Å². The summed E-state index contributed by atoms with van der Waals surface area (Å²) in [7, 11) is 0. The molecule has 0 saturated carbocycles. The van der Waals surface area contributed by atoms with E-state index in [0.717, 1.165) is 29.2 Å². The number of ether oxygens (including phenoxy) is 1. The van der Waals surface area contributed by atoms with Crippen LogP contribution in [-0.2, 0) is 11.3 Å². The number of nitrogens with one attached hydrogen (secondary N) is 1. The fourth-order valence-electron chi connectivity index (χ4n) is 1.82. The molecule has 2 aromatic rings. The van der Waals surface area contributed by atoms with Crippen LogP contribution in [0.1, 0.15) is 19.0 Å². The normalized spacial score (nSPS) is 10.4. The van der Waals surface area contributed by atoms with E-state index >= 15 is 0 Å². The number of anilines is 1. The number of hydrogen-bond acceptors (Lipinski definition) is 4. The fourth-order valence-corrected chi connectivity index (χ4v) is 2.56. The number of thiazole rings is 1. The van der Waals surface area contributed by atoms with Gasteiger partial charge in [0.25, 0.3) is 0 Å². The summed E-state index contributed by atoms with van der Waals surface area (Å²) >= 11 is 1.10. The molecule has 0 spiro atoms. The van der Waals surface area contributed by atoms with E-state index in [1.807, 2.05) is 26.0 Å². The molecule has 0 bridgehead atoms. The van der Waals surface area contributed by atoms with Crippen LogP contribution in [0.15, 0.2) is 34.4 Å². The predicted molar refractivity (Wildman–Crippen MR) is 84.2 cm³/mol. The van der Waals surface area contributed by atoms with Crippen LogP contribution in [0, 0.1) is 6.92 Å². The Labute approximate surface area is 127 Å². The molecule has 1 N–H and O–H groups in total. The van der Waals surface area contributed by atoms with Crippen molar-refractivity contribution < 1.29 is 9.53 Å². The Morgan fingerprint density at radius 1 is 1.43 bits per heavy atom. The summed E-state index contributed by atoms with van der Waals surface area (Å²) < 4.78 is 6.97. The maximum Gasteiger partial charge on any atom is 0.307 e. The molecule has 0 saturated heterocycles. The van der Waals surface area contributed by atoms with E-state index in [2.05, 4.69) is 5.32 Å². The van der Waals surface area contributed by atoms with Crippen LogP contribution < -0.4 is 14.9 Å². The van der Waals surface area contributed by atoms with E-state index in [-0.39, 0.29) is 17.3 Å². The maximum atomic E-state index is 12.0. The zero-order valence-electron chi connectivity index (χ0n) is 12.1. The summed E-state index contributed by atoms with van der Waals surface area (Å²) in [6, 6.07) is 7.23. The van der Waals surface area contributed by atoms with Gasteiger partial charge in [-0.25, -0.2) is 0 Å². The number of rotatable bonds is 6. The molecular weight excluding hydrogens is 288 g/mol. The average molecular weight is 306 g/mol. The third kappa shape index (κ3) is 4.19. The Kier molecular flexibility index (Phi) is 5.16. The van der Waals surface area contributed by atoms with Gasteiger partial charge in [0.2, 0.25) is 5.91 Å². The van der Waals surface area contributed by atoms with E-state index < -0.39 is 0 Å². The molecule has 0 fully saturated rings. The van der Waals surface area contributed by atoms with Gasteiger partial charge in [0.05, 0.1) is 6.61 Å². The Morgan fingerprint density at radius 3 is 2.90 bits per heavy atom. The zero-order chi connectivity index (χ0) is 15.2. The lowest BCUT2D eigenvalue weighted by Crippen LogP contribution is -2.25. The highest BCUT2D eigenvalue weighted by Crippen LogP contribution is 2.17. The minimum atomic E-state index is -0.230. The van der Waals surface area contributed by atoms with Crippen LogP contribution >= 0.6 is 11.3 Å². The van der Waals surface area contributed by atoms with Crippen molar-refractivity contribution in [3.05, 3.63) is 45.0 Å². The molecule has 2 rings (SSSR count). The van der Waals surface area contributed by atoms with Gasteiger partial charge in [0.15, 0.2) is 0 Å². The Bertz CT molecular complexity index is 676. The first-order valence-corrected chi connectivity index (χ1v) is 7.65. The molecule has 0 radical (unpaired) electrons. The van der Waals surface area contributed by atoms with Gasteiger partial charge >= 0.3 is 4.87 Å². The summed E-state index contributed by atoms with van der Waals surface area (Å²) in [4.78, 5) is 23.5. The number of amides is 1. The molecular formula is C15H18N2O3S. The summed E-state index contributed by atoms with van der Waals surface area (Å²) in [5.41, 5.74) is 1.45. The van der Waals surface area contributed by atoms with Crippen molar-refractivity contribution >= 4 is 22.9 Å². The van der Waals surface area contributed by atoms with E-state index in [4.69, 9.17) is 4.74 Å². The maximum absolute atomic E-state index is 12.0. The Hall–Kier alpha value is -2.08. The van der Waals surface area contributed by atoms with Crippen LogP contribution in [0.4, 0.5) is 5.69 Å². The first-order valence-electron chi connectivity index (χ1n) is 6.78. The number of nitrogens with zero attached hydrogens (tertiary/aromatic N) is 1. The van der Waals surface area contributed by atoms with Gasteiger partial charge < -0.3 is 10.1 Å². The van der Waals surface area contributed by atoms with Crippen LogP contribution in [0.25, 0.3) is 0 Å². The fraction of sp³-hybridized carbons (Fsp3) is 0.333. The highest BCUT2D eigenvalue weighted by atomic mass is 32.1. The molecule has 21 heavy (non-hydrogen) atoms. The highest BCUT2D eigenvalue weighted by Gasteiger charge is 2.09. The number of benzene rings is 1. The van der Waals surface area contributed by atoms with E-state index in [1.54, 1.807) is 17.5 Å². The molecule has 0 unspecified atom stereocenters. The second kappa shape index (κ2) is 7.08. The molecule has 0 aliphatic rings. The van der Waals surface area contributed by atoms with Crippen molar-refractivity contribution in [2.45, 2.75) is 26.8 Å². The molecule has 1 aromatic heterocycles. The second-order valence-electron chi connectivity index (χ2n) is 4.65. The van der Waals surface area contributed by atoms with Gasteiger partial charge in [-0.3, -0.25) is 14.2 Å². The molecule has 1 aromatic carbocycles. The van der Waals surface area contributed by atoms with Crippen molar-refractivity contribution in [3.63, 3.8) is 0 Å². The van der Waals surface area contributed by atoms with Gasteiger partial charge in [-0.2, -0.15) is 0 Å². The third-order valence-electron chi connectivity index (χ3n) is 2.87. The van der Waals surface area contributed by atoms with Crippen molar-refractivity contribution in [1.29, 1.82) is 0 Å². The van der Waals surface area contributed by atoms with Crippen molar-refractivity contribution in [2.75, 3.05) is 11.9 Å². The standard InChI is InChI=1S/C15H18N2O3S/c1-3-7-20-13-6-4-5-12(8-13)16-14(18)9-17-11(2)10-21-15(17)19/h4-6,8,10H,3,7,9H2,1-2H3,(H,16,18). The van der Waals surface area contributed by atoms with Crippen LogP contribution in [0.3, 0.4) is 0 Å². The van der Waals surface area contributed by atoms with E-state index in [0.29, 0.717) is 12.3 Å². The minimum absolute atomic E-state index is 0.0220. The Balaban J connectivity index is 2.01. The molecule has 6 heteroatoms. The van der Waals surface area contributed by atoms with Gasteiger partial charge in [0, 0.05) is 22.8 Å². The van der Waals surface area contributed by atoms with Gasteiger partial charge in [-0.15, -0.1) is 0 Å². The first kappa shape index (κ1) is 15.3.